The summed E-state index contributed by atoms with van der Waals surface area (Å²) in [5, 5.41) is 16.5. The summed E-state index contributed by atoms with van der Waals surface area (Å²) in [4.78, 5) is 10.5. The highest BCUT2D eigenvalue weighted by atomic mass is 35.5. The van der Waals surface area contributed by atoms with Crippen molar-refractivity contribution < 1.29 is 13.3 Å². The minimum absolute atomic E-state index is 0.00644. The molecule has 0 aliphatic rings. The van der Waals surface area contributed by atoms with E-state index in [9.17, 15) is 18.5 Å². The molecule has 0 spiro atoms. The van der Waals surface area contributed by atoms with Crippen LogP contribution in [0.1, 0.15) is 5.56 Å². The van der Waals surface area contributed by atoms with Gasteiger partial charge in [-0.2, -0.15) is 5.10 Å². The average molecular weight is 500 g/mol. The van der Waals surface area contributed by atoms with Crippen molar-refractivity contribution in [3.8, 4) is 0 Å². The number of nitro groups is 1. The summed E-state index contributed by atoms with van der Waals surface area (Å²) in [7, 11) is -4.09. The first-order valence-corrected chi connectivity index (χ1v) is 11.1. The Kier molecular flexibility index (Phi) is 7.01. The Balaban J connectivity index is 1.85. The maximum Gasteiger partial charge on any atom is 0.295 e. The molecule has 0 heterocycles. The number of nitrogens with zero attached hydrogens (tertiary/aromatic N) is 2. The van der Waals surface area contributed by atoms with E-state index in [1.807, 2.05) is 0 Å². The topological polar surface area (TPSA) is 114 Å². The van der Waals surface area contributed by atoms with E-state index in [0.29, 0.717) is 20.6 Å². The van der Waals surface area contributed by atoms with Gasteiger partial charge in [-0.25, -0.2) is 8.42 Å². The van der Waals surface area contributed by atoms with Gasteiger partial charge in [-0.1, -0.05) is 46.9 Å². The molecule has 2 N–H and O–H groups in total. The van der Waals surface area contributed by atoms with Crippen molar-refractivity contribution in [1.82, 2.24) is 0 Å². The van der Waals surface area contributed by atoms with Gasteiger partial charge in [-0.3, -0.25) is 20.3 Å². The van der Waals surface area contributed by atoms with E-state index in [2.05, 4.69) is 15.2 Å². The molecule has 31 heavy (non-hydrogen) atoms. The fraction of sp³-hybridized carbons (Fsp3) is 0. The van der Waals surface area contributed by atoms with Gasteiger partial charge in [0.15, 0.2) is 0 Å². The molecule has 0 saturated carbocycles. The lowest BCUT2D eigenvalue weighted by Crippen LogP contribution is -2.13. The fourth-order valence-electron chi connectivity index (χ4n) is 2.47. The van der Waals surface area contributed by atoms with Gasteiger partial charge in [-0.05, 0) is 42.5 Å². The molecule has 8 nitrogen and oxygen atoms in total. The Hall–Kier alpha value is -2.85. The second-order valence-electron chi connectivity index (χ2n) is 6.09. The lowest BCUT2D eigenvalue weighted by atomic mass is 10.2. The molecule has 0 amide bonds. The molecule has 0 aromatic heterocycles. The lowest BCUT2D eigenvalue weighted by Gasteiger charge is -2.09. The minimum Gasteiger partial charge on any atom is -0.280 e. The predicted octanol–water partition coefficient (Wildman–Crippen LogP) is 5.80. The Morgan fingerprint density at radius 3 is 2.39 bits per heavy atom. The fourth-order valence-corrected chi connectivity index (χ4v) is 4.18. The van der Waals surface area contributed by atoms with Crippen LogP contribution in [0.15, 0.2) is 70.7 Å². The molecule has 0 radical (unpaired) electrons. The van der Waals surface area contributed by atoms with E-state index in [-0.39, 0.29) is 16.3 Å². The van der Waals surface area contributed by atoms with Crippen LogP contribution in [0.25, 0.3) is 0 Å². The van der Waals surface area contributed by atoms with E-state index < -0.39 is 20.6 Å². The van der Waals surface area contributed by atoms with Crippen molar-refractivity contribution in [2.24, 2.45) is 5.10 Å². The number of benzene rings is 3. The smallest absolute Gasteiger partial charge is 0.280 e. The van der Waals surface area contributed by atoms with Crippen LogP contribution in [-0.4, -0.2) is 19.6 Å². The summed E-state index contributed by atoms with van der Waals surface area (Å²) < 4.78 is 27.5. The van der Waals surface area contributed by atoms with Gasteiger partial charge in [0.05, 0.1) is 26.7 Å². The van der Waals surface area contributed by atoms with Crippen molar-refractivity contribution in [2.75, 3.05) is 10.1 Å². The number of hydrazone groups is 1. The molecule has 3 rings (SSSR count). The second-order valence-corrected chi connectivity index (χ2v) is 9.05. The lowest BCUT2D eigenvalue weighted by molar-refractivity contribution is -0.384. The summed E-state index contributed by atoms with van der Waals surface area (Å²) in [6.45, 7) is 0. The highest BCUT2D eigenvalue weighted by Gasteiger charge is 2.21. The zero-order valence-electron chi connectivity index (χ0n) is 15.4. The molecule has 3 aromatic rings. The molecule has 160 valence electrons. The van der Waals surface area contributed by atoms with Gasteiger partial charge >= 0.3 is 0 Å². The van der Waals surface area contributed by atoms with Gasteiger partial charge in [0, 0.05) is 21.7 Å². The third-order valence-corrected chi connectivity index (χ3v) is 6.08. The maximum atomic E-state index is 12.6. The number of nitrogens with one attached hydrogen (secondary N) is 2. The van der Waals surface area contributed by atoms with Crippen molar-refractivity contribution in [1.29, 1.82) is 0 Å². The van der Waals surface area contributed by atoms with Crippen molar-refractivity contribution >= 4 is 68.1 Å². The van der Waals surface area contributed by atoms with E-state index in [1.165, 1.54) is 36.5 Å². The number of rotatable bonds is 7. The zero-order chi connectivity index (χ0) is 22.6. The molecule has 3 aromatic carbocycles. The van der Waals surface area contributed by atoms with Crippen LogP contribution in [0.4, 0.5) is 17.1 Å². The monoisotopic (exact) mass is 498 g/mol. The third kappa shape index (κ3) is 5.86. The van der Waals surface area contributed by atoms with E-state index in [4.69, 9.17) is 34.8 Å². The molecule has 0 unspecified atom stereocenters. The predicted molar refractivity (Wildman–Crippen MR) is 123 cm³/mol. The second kappa shape index (κ2) is 9.52. The van der Waals surface area contributed by atoms with E-state index in [0.717, 1.165) is 6.07 Å². The molecule has 0 saturated heterocycles. The van der Waals surface area contributed by atoms with Crippen LogP contribution >= 0.6 is 34.8 Å². The van der Waals surface area contributed by atoms with E-state index in [1.54, 1.807) is 24.3 Å². The Labute approximate surface area is 192 Å². The van der Waals surface area contributed by atoms with Crippen molar-refractivity contribution in [3.63, 3.8) is 0 Å². The van der Waals surface area contributed by atoms with Crippen LogP contribution in [0.5, 0.6) is 0 Å². The highest BCUT2D eigenvalue weighted by Crippen LogP contribution is 2.29. The number of sulfonamides is 1. The summed E-state index contributed by atoms with van der Waals surface area (Å²) in [6.07, 6.45) is 1.35. The molecule has 0 fully saturated rings. The van der Waals surface area contributed by atoms with Crippen LogP contribution in [-0.2, 0) is 10.0 Å². The number of nitro benzene ring substituents is 1. The Morgan fingerprint density at radius 1 is 0.968 bits per heavy atom. The van der Waals surface area contributed by atoms with Gasteiger partial charge in [0.25, 0.3) is 15.7 Å². The quantitative estimate of drug-likeness (QED) is 0.242. The van der Waals surface area contributed by atoms with Crippen LogP contribution < -0.4 is 10.1 Å². The Bertz CT molecular complexity index is 1280. The SMILES string of the molecule is O=[N+]([O-])c1cc(S(=O)(=O)Nc2cccc(Cl)c2)ccc1NN=Cc1ccc(Cl)cc1Cl. The Morgan fingerprint density at radius 2 is 1.71 bits per heavy atom. The summed E-state index contributed by atoms with van der Waals surface area (Å²) >= 11 is 17.7. The number of halogens is 3. The first-order valence-electron chi connectivity index (χ1n) is 8.47. The minimum atomic E-state index is -4.09. The molecular formula is C19H13Cl3N4O4S. The van der Waals surface area contributed by atoms with Gasteiger partial charge in [0.2, 0.25) is 0 Å². The van der Waals surface area contributed by atoms with Crippen molar-refractivity contribution in [2.45, 2.75) is 4.90 Å². The van der Waals surface area contributed by atoms with Gasteiger partial charge in [0.1, 0.15) is 5.69 Å². The van der Waals surface area contributed by atoms with Gasteiger partial charge < -0.3 is 0 Å². The van der Waals surface area contributed by atoms with Crippen LogP contribution in [0.3, 0.4) is 0 Å². The third-order valence-electron chi connectivity index (χ3n) is 3.90. The number of hydrogen-bond acceptors (Lipinski definition) is 6. The van der Waals surface area contributed by atoms with Crippen molar-refractivity contribution in [3.05, 3.63) is 91.4 Å². The van der Waals surface area contributed by atoms with Gasteiger partial charge in [-0.15, -0.1) is 0 Å². The van der Waals surface area contributed by atoms with E-state index >= 15 is 0 Å². The largest absolute Gasteiger partial charge is 0.295 e. The summed E-state index contributed by atoms with van der Waals surface area (Å²) in [6, 6.07) is 14.2. The first-order chi connectivity index (χ1) is 14.7. The van der Waals surface area contributed by atoms with Crippen LogP contribution in [0, 0.1) is 10.1 Å². The summed E-state index contributed by atoms with van der Waals surface area (Å²) in [5.41, 5.74) is 2.80. The molecule has 0 aliphatic heterocycles. The average Bonchev–Trinajstić information content (AvgIpc) is 2.69. The number of anilines is 2. The van der Waals surface area contributed by atoms with Crippen LogP contribution in [0.2, 0.25) is 15.1 Å². The zero-order valence-corrected chi connectivity index (χ0v) is 18.5. The molecular weight excluding hydrogens is 487 g/mol. The molecule has 0 aliphatic carbocycles. The standard InChI is InChI=1S/C19H13Cl3N4O4S/c20-13-2-1-3-15(8-13)25-31(29,30)16-6-7-18(19(10-16)26(27)28)24-23-11-12-4-5-14(21)9-17(12)22/h1-11,24-25H. The first kappa shape index (κ1) is 22.8. The number of hydrogen-bond donors (Lipinski definition) is 2. The maximum absolute atomic E-state index is 12.6. The highest BCUT2D eigenvalue weighted by molar-refractivity contribution is 7.92. The molecule has 0 atom stereocenters. The normalized spacial score (nSPS) is 11.5. The molecule has 0 bridgehead atoms. The molecule has 12 heteroatoms. The summed E-state index contributed by atoms with van der Waals surface area (Å²) in [5.74, 6) is 0.